The van der Waals surface area contributed by atoms with Gasteiger partial charge < -0.3 is 10.0 Å². The smallest absolute Gasteiger partial charge is 0.255 e. The summed E-state index contributed by atoms with van der Waals surface area (Å²) in [4.78, 5) is 15.8. The van der Waals surface area contributed by atoms with Crippen LogP contribution in [0.5, 0.6) is 0 Å². The number of benzene rings is 4. The summed E-state index contributed by atoms with van der Waals surface area (Å²) < 4.78 is 0. The second-order valence-electron chi connectivity index (χ2n) is 9.26. The predicted molar refractivity (Wildman–Crippen MR) is 140 cm³/mol. The van der Waals surface area contributed by atoms with E-state index in [9.17, 15) is 9.90 Å². The molecule has 0 aromatic heterocycles. The molecule has 0 saturated heterocycles. The molecule has 0 saturated carbocycles. The van der Waals surface area contributed by atoms with E-state index in [-0.39, 0.29) is 11.9 Å². The molecule has 1 aliphatic rings. The highest BCUT2D eigenvalue weighted by Crippen LogP contribution is 2.47. The van der Waals surface area contributed by atoms with Gasteiger partial charge in [0.1, 0.15) is 6.10 Å². The van der Waals surface area contributed by atoms with Crippen LogP contribution in [0.25, 0.3) is 0 Å². The molecule has 0 aliphatic carbocycles. The second kappa shape index (κ2) is 10.3. The molecule has 3 nitrogen and oxygen atoms in total. The van der Waals surface area contributed by atoms with Gasteiger partial charge in [0.25, 0.3) is 5.91 Å². The van der Waals surface area contributed by atoms with Gasteiger partial charge >= 0.3 is 0 Å². The van der Waals surface area contributed by atoms with E-state index in [2.05, 4.69) is 31.2 Å². The summed E-state index contributed by atoms with van der Waals surface area (Å²) in [5.41, 5.74) is 5.71. The molecule has 4 aromatic rings. The van der Waals surface area contributed by atoms with Crippen molar-refractivity contribution < 1.29 is 9.90 Å². The summed E-state index contributed by atoms with van der Waals surface area (Å²) in [7, 11) is 0. The Bertz CT molecular complexity index is 1270. The van der Waals surface area contributed by atoms with Crippen LogP contribution in [-0.4, -0.2) is 15.9 Å². The molecule has 4 aromatic carbocycles. The zero-order valence-electron chi connectivity index (χ0n) is 20.0. The van der Waals surface area contributed by atoms with E-state index in [4.69, 9.17) is 0 Å². The number of hydrogen-bond donors (Lipinski definition) is 1. The summed E-state index contributed by atoms with van der Waals surface area (Å²) in [6.45, 7) is 2.19. The molecule has 1 N–H and O–H groups in total. The first kappa shape index (κ1) is 23.1. The van der Waals surface area contributed by atoms with Crippen LogP contribution >= 0.6 is 0 Å². The third kappa shape index (κ3) is 4.52. The summed E-state index contributed by atoms with van der Waals surface area (Å²) in [6.07, 6.45) is 2.46. The van der Waals surface area contributed by atoms with Crippen molar-refractivity contribution in [3.63, 3.8) is 0 Å². The van der Waals surface area contributed by atoms with E-state index in [1.165, 1.54) is 5.56 Å². The number of carbonyl (C=O) groups is 1. The Balaban J connectivity index is 1.60. The van der Waals surface area contributed by atoms with E-state index in [1.807, 2.05) is 89.8 Å². The fourth-order valence-electron chi connectivity index (χ4n) is 5.19. The normalized spacial score (nSPS) is 16.7. The van der Waals surface area contributed by atoms with Crippen molar-refractivity contribution in [2.75, 3.05) is 0 Å². The average Bonchev–Trinajstić information content (AvgIpc) is 3.21. The van der Waals surface area contributed by atoms with Gasteiger partial charge in [-0.3, -0.25) is 4.79 Å². The minimum absolute atomic E-state index is 0.0538. The highest BCUT2D eigenvalue weighted by Gasteiger charge is 2.44. The van der Waals surface area contributed by atoms with Crippen molar-refractivity contribution in [3.8, 4) is 0 Å². The summed E-state index contributed by atoms with van der Waals surface area (Å²) >= 11 is 0. The van der Waals surface area contributed by atoms with Crippen LogP contribution < -0.4 is 0 Å². The van der Waals surface area contributed by atoms with E-state index in [0.717, 1.165) is 41.5 Å². The summed E-state index contributed by atoms with van der Waals surface area (Å²) in [5, 5.41) is 11.8. The molecule has 3 unspecified atom stereocenters. The largest absolute Gasteiger partial charge is 0.386 e. The number of fused-ring (bicyclic) bond motifs is 1. The number of amides is 1. The van der Waals surface area contributed by atoms with Crippen LogP contribution in [0.4, 0.5) is 0 Å². The standard InChI is InChI=1S/C32H31NO2/c1-2-3-12-23-19-21-26(22-20-23)31(34)30(25-15-8-5-9-16-25)33-29(24-13-6-4-7-14-24)27-17-10-11-18-28(27)32(33)35/h4-11,13-22,29-31,34H,2-3,12H2,1H3. The number of aliphatic hydroxyl groups is 1. The van der Waals surface area contributed by atoms with Crippen LogP contribution in [0.2, 0.25) is 0 Å². The fourth-order valence-corrected chi connectivity index (χ4v) is 5.19. The number of nitrogens with zero attached hydrogens (tertiary/aromatic N) is 1. The Morgan fingerprint density at radius 1 is 0.771 bits per heavy atom. The SMILES string of the molecule is CCCCc1ccc(C(O)C(c2ccccc2)N2C(=O)c3ccccc3C2c2ccccc2)cc1. The number of unbranched alkanes of at least 4 members (excludes halogenated alkanes) is 1. The Morgan fingerprint density at radius 2 is 1.40 bits per heavy atom. The molecule has 5 rings (SSSR count). The first-order chi connectivity index (χ1) is 17.2. The molecule has 1 heterocycles. The third-order valence-corrected chi connectivity index (χ3v) is 6.99. The highest BCUT2D eigenvalue weighted by molar-refractivity contribution is 6.00. The molecular weight excluding hydrogens is 430 g/mol. The van der Waals surface area contributed by atoms with Crippen molar-refractivity contribution in [3.05, 3.63) is 143 Å². The van der Waals surface area contributed by atoms with E-state index >= 15 is 0 Å². The van der Waals surface area contributed by atoms with E-state index < -0.39 is 12.1 Å². The Morgan fingerprint density at radius 3 is 2.09 bits per heavy atom. The predicted octanol–water partition coefficient (Wildman–Crippen LogP) is 7.05. The molecule has 0 radical (unpaired) electrons. The lowest BCUT2D eigenvalue weighted by Gasteiger charge is -2.37. The van der Waals surface area contributed by atoms with Gasteiger partial charge in [-0.1, -0.05) is 116 Å². The average molecular weight is 462 g/mol. The van der Waals surface area contributed by atoms with Gasteiger partial charge in [-0.15, -0.1) is 0 Å². The number of rotatable bonds is 8. The van der Waals surface area contributed by atoms with Gasteiger partial charge in [-0.25, -0.2) is 0 Å². The minimum atomic E-state index is -0.873. The van der Waals surface area contributed by atoms with Gasteiger partial charge in [0.15, 0.2) is 0 Å². The Labute approximate surface area is 207 Å². The van der Waals surface area contributed by atoms with Crippen LogP contribution in [-0.2, 0) is 6.42 Å². The van der Waals surface area contributed by atoms with Gasteiger partial charge in [0.2, 0.25) is 0 Å². The Hall–Kier alpha value is -3.69. The lowest BCUT2D eigenvalue weighted by Crippen LogP contribution is -2.36. The molecule has 176 valence electrons. The quantitative estimate of drug-likeness (QED) is 0.305. The highest BCUT2D eigenvalue weighted by atomic mass is 16.3. The number of hydrogen-bond acceptors (Lipinski definition) is 2. The van der Waals surface area contributed by atoms with Crippen molar-refractivity contribution >= 4 is 5.91 Å². The van der Waals surface area contributed by atoms with Gasteiger partial charge in [-0.2, -0.15) is 0 Å². The van der Waals surface area contributed by atoms with Crippen molar-refractivity contribution in [2.45, 2.75) is 44.4 Å². The third-order valence-electron chi connectivity index (χ3n) is 6.99. The zero-order valence-corrected chi connectivity index (χ0v) is 20.0. The maximum Gasteiger partial charge on any atom is 0.255 e. The first-order valence-corrected chi connectivity index (χ1v) is 12.5. The second-order valence-corrected chi connectivity index (χ2v) is 9.26. The fraction of sp³-hybridized carbons (Fsp3) is 0.219. The minimum Gasteiger partial charge on any atom is -0.386 e. The number of aliphatic hydroxyl groups excluding tert-OH is 1. The maximum atomic E-state index is 13.9. The first-order valence-electron chi connectivity index (χ1n) is 12.5. The van der Waals surface area contributed by atoms with E-state index in [0.29, 0.717) is 5.56 Å². The summed E-state index contributed by atoms with van der Waals surface area (Å²) in [6, 6.07) is 35.2. The van der Waals surface area contributed by atoms with E-state index in [1.54, 1.807) is 0 Å². The molecule has 0 bridgehead atoms. The van der Waals surface area contributed by atoms with Crippen LogP contribution in [0.15, 0.2) is 109 Å². The van der Waals surface area contributed by atoms with Crippen LogP contribution in [0.1, 0.15) is 76.1 Å². The molecule has 0 spiro atoms. The van der Waals surface area contributed by atoms with Gasteiger partial charge in [-0.05, 0) is 46.7 Å². The van der Waals surface area contributed by atoms with Crippen LogP contribution in [0, 0.1) is 0 Å². The van der Waals surface area contributed by atoms with Crippen molar-refractivity contribution in [1.29, 1.82) is 0 Å². The van der Waals surface area contributed by atoms with Crippen molar-refractivity contribution in [2.24, 2.45) is 0 Å². The molecule has 1 amide bonds. The van der Waals surface area contributed by atoms with Gasteiger partial charge in [0, 0.05) is 5.56 Å². The number of aryl methyl sites for hydroxylation is 1. The molecular formula is C32H31NO2. The topological polar surface area (TPSA) is 40.5 Å². The number of carbonyl (C=O) groups excluding carboxylic acids is 1. The lowest BCUT2D eigenvalue weighted by molar-refractivity contribution is 0.0291. The molecule has 1 aliphatic heterocycles. The monoisotopic (exact) mass is 461 g/mol. The van der Waals surface area contributed by atoms with Gasteiger partial charge in [0.05, 0.1) is 12.1 Å². The van der Waals surface area contributed by atoms with Crippen LogP contribution in [0.3, 0.4) is 0 Å². The lowest BCUT2D eigenvalue weighted by atomic mass is 9.91. The van der Waals surface area contributed by atoms with Crippen molar-refractivity contribution in [1.82, 2.24) is 4.90 Å². The zero-order chi connectivity index (χ0) is 24.2. The molecule has 3 heteroatoms. The summed E-state index contributed by atoms with van der Waals surface area (Å²) in [5.74, 6) is -0.0538. The molecule has 0 fully saturated rings. The molecule has 3 atom stereocenters. The molecule has 35 heavy (non-hydrogen) atoms. The Kier molecular flexibility index (Phi) is 6.78. The maximum absolute atomic E-state index is 13.9.